The smallest absolute Gasteiger partial charge is 0.167 e. The van der Waals surface area contributed by atoms with Crippen LogP contribution < -0.4 is 15.8 Å². The van der Waals surface area contributed by atoms with Gasteiger partial charge in [-0.3, -0.25) is 0 Å². The fraction of sp³-hybridized carbons (Fsp3) is 0.200. The number of nitrogens with two attached hydrogens (primary N) is 1. The second kappa shape index (κ2) is 6.23. The van der Waals surface area contributed by atoms with Crippen LogP contribution in [0.3, 0.4) is 0 Å². The molecule has 0 radical (unpaired) electrons. The largest absolute Gasteiger partial charge is 0.491 e. The molecule has 20 heavy (non-hydrogen) atoms. The van der Waals surface area contributed by atoms with Gasteiger partial charge >= 0.3 is 0 Å². The molecule has 0 aliphatic heterocycles. The first kappa shape index (κ1) is 14.1. The van der Waals surface area contributed by atoms with Crippen molar-refractivity contribution in [3.63, 3.8) is 0 Å². The summed E-state index contributed by atoms with van der Waals surface area (Å²) in [6.45, 7) is 2.38. The molecule has 2 aromatic rings. The van der Waals surface area contributed by atoms with Crippen molar-refractivity contribution < 1.29 is 13.5 Å². The third-order valence-corrected chi connectivity index (χ3v) is 2.83. The van der Waals surface area contributed by atoms with Crippen LogP contribution in [0.4, 0.5) is 20.2 Å². The first-order valence-corrected chi connectivity index (χ1v) is 6.31. The number of benzene rings is 2. The molecule has 0 unspecified atom stereocenters. The third-order valence-electron chi connectivity index (χ3n) is 2.83. The summed E-state index contributed by atoms with van der Waals surface area (Å²) < 4.78 is 32.2. The van der Waals surface area contributed by atoms with Crippen LogP contribution in [0.1, 0.15) is 12.5 Å². The number of nitrogens with one attached hydrogen (secondary N) is 1. The number of hydrogen-bond acceptors (Lipinski definition) is 3. The average Bonchev–Trinajstić information content (AvgIpc) is 2.42. The van der Waals surface area contributed by atoms with E-state index in [4.69, 9.17) is 10.5 Å². The maximum atomic E-state index is 13.6. The predicted octanol–water partition coefficient (Wildman–Crippen LogP) is 3.56. The summed E-state index contributed by atoms with van der Waals surface area (Å²) in [7, 11) is 0. The molecule has 5 heteroatoms. The molecule has 0 heterocycles. The number of anilines is 2. The van der Waals surface area contributed by atoms with Crippen LogP contribution in [0.5, 0.6) is 5.75 Å². The molecule has 3 N–H and O–H groups in total. The monoisotopic (exact) mass is 278 g/mol. The van der Waals surface area contributed by atoms with E-state index in [1.807, 2.05) is 0 Å². The summed E-state index contributed by atoms with van der Waals surface area (Å²) in [5, 5.41) is 2.98. The zero-order chi connectivity index (χ0) is 14.5. The molecule has 0 amide bonds. The predicted molar refractivity (Wildman–Crippen MR) is 75.7 cm³/mol. The van der Waals surface area contributed by atoms with Gasteiger partial charge in [-0.05, 0) is 13.0 Å². The van der Waals surface area contributed by atoms with Gasteiger partial charge in [-0.1, -0.05) is 18.2 Å². The number of nitrogen functional groups attached to an aromatic ring is 1. The highest BCUT2D eigenvalue weighted by molar-refractivity contribution is 5.68. The van der Waals surface area contributed by atoms with Crippen molar-refractivity contribution in [3.8, 4) is 5.75 Å². The third kappa shape index (κ3) is 3.17. The molecule has 0 aromatic heterocycles. The fourth-order valence-corrected chi connectivity index (χ4v) is 1.82. The van der Waals surface area contributed by atoms with Crippen molar-refractivity contribution in [1.82, 2.24) is 0 Å². The Balaban J connectivity index is 2.17. The van der Waals surface area contributed by atoms with Crippen LogP contribution in [0.15, 0.2) is 36.4 Å². The summed E-state index contributed by atoms with van der Waals surface area (Å²) in [4.78, 5) is 0. The summed E-state index contributed by atoms with van der Waals surface area (Å²) in [5.74, 6) is -0.691. The molecule has 0 spiro atoms. The molecular formula is C15H16F2N2O. The van der Waals surface area contributed by atoms with Gasteiger partial charge < -0.3 is 15.8 Å². The Morgan fingerprint density at radius 1 is 1.15 bits per heavy atom. The van der Waals surface area contributed by atoms with Gasteiger partial charge in [-0.25, -0.2) is 8.78 Å². The normalized spacial score (nSPS) is 10.3. The second-order valence-corrected chi connectivity index (χ2v) is 4.25. The van der Waals surface area contributed by atoms with Gasteiger partial charge in [0.1, 0.15) is 5.82 Å². The molecule has 3 nitrogen and oxygen atoms in total. The summed E-state index contributed by atoms with van der Waals surface area (Å²) in [6, 6.07) is 9.10. The van der Waals surface area contributed by atoms with Crippen molar-refractivity contribution in [3.05, 3.63) is 53.6 Å². The van der Waals surface area contributed by atoms with Crippen molar-refractivity contribution in [1.29, 1.82) is 0 Å². The SMILES string of the molecule is CCOc1cc(NCc2ccccc2F)c(N)cc1F. The minimum atomic E-state index is -0.513. The lowest BCUT2D eigenvalue weighted by Gasteiger charge is -2.13. The number of hydrogen-bond donors (Lipinski definition) is 2. The average molecular weight is 278 g/mol. The molecule has 0 saturated carbocycles. The molecule has 0 atom stereocenters. The molecule has 0 saturated heterocycles. The van der Waals surface area contributed by atoms with Gasteiger partial charge in [-0.15, -0.1) is 0 Å². The topological polar surface area (TPSA) is 47.3 Å². The van der Waals surface area contributed by atoms with Gasteiger partial charge in [0.25, 0.3) is 0 Å². The standard InChI is InChI=1S/C15H16F2N2O/c1-2-20-15-8-14(13(18)7-12(15)17)19-9-10-5-3-4-6-11(10)16/h3-8,19H,2,9,18H2,1H3. The Hall–Kier alpha value is -2.30. The second-order valence-electron chi connectivity index (χ2n) is 4.25. The Bertz CT molecular complexity index is 602. The van der Waals surface area contributed by atoms with E-state index in [0.29, 0.717) is 17.9 Å². The number of ether oxygens (including phenoxy) is 1. The summed E-state index contributed by atoms with van der Waals surface area (Å²) >= 11 is 0. The van der Waals surface area contributed by atoms with Gasteiger partial charge in [-0.2, -0.15) is 0 Å². The molecule has 0 bridgehead atoms. The van der Waals surface area contributed by atoms with Crippen LogP contribution in [-0.2, 0) is 6.54 Å². The Labute approximate surface area is 116 Å². The Morgan fingerprint density at radius 2 is 1.90 bits per heavy atom. The zero-order valence-electron chi connectivity index (χ0n) is 11.1. The molecule has 2 rings (SSSR count). The highest BCUT2D eigenvalue weighted by Crippen LogP contribution is 2.28. The fourth-order valence-electron chi connectivity index (χ4n) is 1.82. The Morgan fingerprint density at radius 3 is 2.60 bits per heavy atom. The molecule has 0 aliphatic carbocycles. The van der Waals surface area contributed by atoms with E-state index < -0.39 is 5.82 Å². The lowest BCUT2D eigenvalue weighted by atomic mass is 10.2. The highest BCUT2D eigenvalue weighted by Gasteiger charge is 2.09. The van der Waals surface area contributed by atoms with Crippen LogP contribution in [-0.4, -0.2) is 6.61 Å². The van der Waals surface area contributed by atoms with Crippen LogP contribution in [0, 0.1) is 11.6 Å². The van der Waals surface area contributed by atoms with Gasteiger partial charge in [0.15, 0.2) is 11.6 Å². The molecular weight excluding hydrogens is 262 g/mol. The first-order chi connectivity index (χ1) is 9.61. The van der Waals surface area contributed by atoms with E-state index in [-0.39, 0.29) is 23.8 Å². The lowest BCUT2D eigenvalue weighted by molar-refractivity contribution is 0.322. The Kier molecular flexibility index (Phi) is 4.40. The van der Waals surface area contributed by atoms with Gasteiger partial charge in [0.05, 0.1) is 18.0 Å². The number of rotatable bonds is 5. The minimum absolute atomic E-state index is 0.123. The van der Waals surface area contributed by atoms with Crippen LogP contribution in [0.25, 0.3) is 0 Å². The first-order valence-electron chi connectivity index (χ1n) is 6.31. The van der Waals surface area contributed by atoms with E-state index >= 15 is 0 Å². The van der Waals surface area contributed by atoms with Crippen molar-refractivity contribution in [2.75, 3.05) is 17.7 Å². The van der Waals surface area contributed by atoms with E-state index in [2.05, 4.69) is 5.32 Å². The highest BCUT2D eigenvalue weighted by atomic mass is 19.1. The van der Waals surface area contributed by atoms with Crippen molar-refractivity contribution in [2.45, 2.75) is 13.5 Å². The van der Waals surface area contributed by atoms with Crippen LogP contribution in [0.2, 0.25) is 0 Å². The minimum Gasteiger partial charge on any atom is -0.491 e. The van der Waals surface area contributed by atoms with Gasteiger partial charge in [0.2, 0.25) is 0 Å². The number of halogens is 2. The lowest BCUT2D eigenvalue weighted by Crippen LogP contribution is -2.05. The van der Waals surface area contributed by atoms with E-state index in [0.717, 1.165) is 0 Å². The quantitative estimate of drug-likeness (QED) is 0.822. The zero-order valence-corrected chi connectivity index (χ0v) is 11.1. The van der Waals surface area contributed by atoms with E-state index in [9.17, 15) is 8.78 Å². The maximum absolute atomic E-state index is 13.6. The summed E-state index contributed by atoms with van der Waals surface area (Å²) in [5.41, 5.74) is 7.01. The van der Waals surface area contributed by atoms with Gasteiger partial charge in [0, 0.05) is 24.2 Å². The van der Waals surface area contributed by atoms with E-state index in [1.165, 1.54) is 18.2 Å². The van der Waals surface area contributed by atoms with Crippen LogP contribution >= 0.6 is 0 Å². The molecule has 2 aromatic carbocycles. The molecule has 0 aliphatic rings. The van der Waals surface area contributed by atoms with E-state index in [1.54, 1.807) is 25.1 Å². The molecule has 106 valence electrons. The summed E-state index contributed by atoms with van der Waals surface area (Å²) in [6.07, 6.45) is 0. The van der Waals surface area contributed by atoms with Crippen molar-refractivity contribution >= 4 is 11.4 Å². The maximum Gasteiger partial charge on any atom is 0.167 e. The molecule has 0 fully saturated rings. The van der Waals surface area contributed by atoms with Crippen molar-refractivity contribution in [2.24, 2.45) is 0 Å².